The molecule has 4 aliphatic carbocycles. The van der Waals surface area contributed by atoms with Crippen LogP contribution in [-0.4, -0.2) is 42.4 Å². The smallest absolute Gasteiger partial charge is 0.119 e. The molecule has 3 nitrogen and oxygen atoms in total. The van der Waals surface area contributed by atoms with Crippen LogP contribution in [-0.2, 0) is 5.41 Å². The van der Waals surface area contributed by atoms with Crippen LogP contribution in [0.4, 0.5) is 0 Å². The maximum absolute atomic E-state index is 10.4. The molecule has 0 aromatic heterocycles. The summed E-state index contributed by atoms with van der Waals surface area (Å²) in [6, 6.07) is 8.92. The van der Waals surface area contributed by atoms with Gasteiger partial charge in [0.2, 0.25) is 0 Å². The van der Waals surface area contributed by atoms with Gasteiger partial charge in [-0.1, -0.05) is 19.1 Å². The zero-order valence-corrected chi connectivity index (χ0v) is 18.7. The van der Waals surface area contributed by atoms with E-state index in [1.54, 1.807) is 5.56 Å². The van der Waals surface area contributed by atoms with E-state index in [-0.39, 0.29) is 12.4 Å². The van der Waals surface area contributed by atoms with Gasteiger partial charge in [-0.25, -0.2) is 0 Å². The van der Waals surface area contributed by atoms with E-state index in [4.69, 9.17) is 4.74 Å². The Kier molecular flexibility index (Phi) is 6.49. The van der Waals surface area contributed by atoms with Gasteiger partial charge in [0.15, 0.2) is 0 Å². The Morgan fingerprint density at radius 3 is 2.10 bits per heavy atom. The van der Waals surface area contributed by atoms with Crippen molar-refractivity contribution in [3.63, 3.8) is 0 Å². The van der Waals surface area contributed by atoms with Gasteiger partial charge in [0.05, 0.1) is 0 Å². The molecule has 29 heavy (non-hydrogen) atoms. The van der Waals surface area contributed by atoms with Crippen molar-refractivity contribution in [1.82, 2.24) is 4.90 Å². The van der Waals surface area contributed by atoms with Crippen molar-refractivity contribution in [3.8, 4) is 5.75 Å². The Morgan fingerprint density at radius 1 is 1.00 bits per heavy atom. The average Bonchev–Trinajstić information content (AvgIpc) is 2.68. The van der Waals surface area contributed by atoms with Gasteiger partial charge in [0.1, 0.15) is 18.5 Å². The van der Waals surface area contributed by atoms with Crippen LogP contribution in [0.25, 0.3) is 0 Å². The van der Waals surface area contributed by atoms with Gasteiger partial charge < -0.3 is 14.7 Å². The number of halogens is 1. The highest BCUT2D eigenvalue weighted by atomic mass is 35.5. The molecule has 162 valence electrons. The second-order valence-electron chi connectivity index (χ2n) is 10.7. The molecule has 1 saturated heterocycles. The lowest BCUT2D eigenvalue weighted by Gasteiger charge is -2.57. The number of β-amino-alcohol motifs (C(OH)–C–C–N with tert-alkyl or cyclic N) is 1. The number of rotatable bonds is 6. The number of aliphatic hydroxyl groups excluding tert-OH is 1. The molecule has 1 aromatic rings. The summed E-state index contributed by atoms with van der Waals surface area (Å²) in [6.07, 6.45) is 10.8. The maximum atomic E-state index is 10.4. The van der Waals surface area contributed by atoms with Gasteiger partial charge >= 0.3 is 0 Å². The lowest BCUT2D eigenvalue weighted by molar-refractivity contribution is -0.00522. The number of hydrogen-bond donors (Lipinski definition) is 1. The second kappa shape index (κ2) is 8.77. The van der Waals surface area contributed by atoms with Crippen LogP contribution in [0.1, 0.15) is 63.9 Å². The van der Waals surface area contributed by atoms with Crippen molar-refractivity contribution in [2.75, 3.05) is 26.2 Å². The van der Waals surface area contributed by atoms with Crippen LogP contribution in [0, 0.1) is 23.7 Å². The van der Waals surface area contributed by atoms with Crippen molar-refractivity contribution >= 4 is 12.4 Å². The van der Waals surface area contributed by atoms with E-state index in [0.29, 0.717) is 12.0 Å². The first-order valence-electron chi connectivity index (χ1n) is 11.7. The highest BCUT2D eigenvalue weighted by Gasteiger charge is 2.51. The van der Waals surface area contributed by atoms with E-state index in [0.717, 1.165) is 49.1 Å². The zero-order valence-electron chi connectivity index (χ0n) is 17.9. The Morgan fingerprint density at radius 2 is 1.55 bits per heavy atom. The SMILES string of the molecule is CC1CCN(CC(O)COc2ccc(C34CC5CC(CC(C5)C3)C4)cc2)CC1.Cl. The number of piperidine rings is 1. The summed E-state index contributed by atoms with van der Waals surface area (Å²) in [7, 11) is 0. The summed E-state index contributed by atoms with van der Waals surface area (Å²) in [4.78, 5) is 2.38. The molecule has 1 aromatic carbocycles. The number of aliphatic hydroxyl groups is 1. The van der Waals surface area contributed by atoms with Crippen LogP contribution in [0.3, 0.4) is 0 Å². The first kappa shape index (κ1) is 21.5. The van der Waals surface area contributed by atoms with E-state index in [1.807, 2.05) is 0 Å². The number of nitrogens with zero attached hydrogens (tertiary/aromatic N) is 1. The molecular weight excluding hydrogens is 382 g/mol. The van der Waals surface area contributed by atoms with Crippen molar-refractivity contribution in [1.29, 1.82) is 0 Å². The molecule has 1 unspecified atom stereocenters. The van der Waals surface area contributed by atoms with Crippen LogP contribution in [0.15, 0.2) is 24.3 Å². The van der Waals surface area contributed by atoms with Crippen molar-refractivity contribution in [3.05, 3.63) is 29.8 Å². The third kappa shape index (κ3) is 4.62. The number of ether oxygens (including phenoxy) is 1. The molecule has 6 rings (SSSR count). The largest absolute Gasteiger partial charge is 0.491 e. The molecular formula is C25H38ClNO2. The second-order valence-corrected chi connectivity index (χ2v) is 10.7. The highest BCUT2D eigenvalue weighted by molar-refractivity contribution is 5.85. The normalized spacial score (nSPS) is 35.3. The molecule has 1 N–H and O–H groups in total. The average molecular weight is 420 g/mol. The molecule has 1 heterocycles. The fourth-order valence-corrected chi connectivity index (χ4v) is 7.16. The summed E-state index contributed by atoms with van der Waals surface area (Å²) in [6.45, 7) is 5.67. The van der Waals surface area contributed by atoms with Gasteiger partial charge in [-0.3, -0.25) is 0 Å². The fourth-order valence-electron chi connectivity index (χ4n) is 7.16. The van der Waals surface area contributed by atoms with E-state index in [2.05, 4.69) is 36.1 Å². The van der Waals surface area contributed by atoms with Crippen molar-refractivity contribution in [2.45, 2.75) is 69.8 Å². The van der Waals surface area contributed by atoms with E-state index in [9.17, 15) is 5.11 Å². The quantitative estimate of drug-likeness (QED) is 0.700. The molecule has 0 amide bonds. The monoisotopic (exact) mass is 419 g/mol. The van der Waals surface area contributed by atoms with Gasteiger partial charge in [-0.05, 0) is 111 Å². The summed E-state index contributed by atoms with van der Waals surface area (Å²) in [5, 5.41) is 10.4. The number of likely N-dealkylation sites (tertiary alicyclic amines) is 1. The Labute approximate surface area is 182 Å². The third-order valence-corrected chi connectivity index (χ3v) is 8.29. The third-order valence-electron chi connectivity index (χ3n) is 8.29. The molecule has 4 saturated carbocycles. The van der Waals surface area contributed by atoms with Crippen molar-refractivity contribution in [2.24, 2.45) is 23.7 Å². The lowest BCUT2D eigenvalue weighted by Crippen LogP contribution is -2.48. The summed E-state index contributed by atoms with van der Waals surface area (Å²) in [5.41, 5.74) is 2.00. The van der Waals surface area contributed by atoms with Crippen LogP contribution in [0.5, 0.6) is 5.75 Å². The first-order valence-corrected chi connectivity index (χ1v) is 11.7. The molecule has 1 atom stereocenters. The Balaban J connectivity index is 0.00000205. The highest BCUT2D eigenvalue weighted by Crippen LogP contribution is 2.60. The fraction of sp³-hybridized carbons (Fsp3) is 0.760. The van der Waals surface area contributed by atoms with Gasteiger partial charge in [-0.15, -0.1) is 12.4 Å². The minimum Gasteiger partial charge on any atom is -0.491 e. The first-order chi connectivity index (χ1) is 13.6. The number of benzene rings is 1. The maximum Gasteiger partial charge on any atom is 0.119 e. The molecule has 0 spiro atoms. The summed E-state index contributed by atoms with van der Waals surface area (Å²) in [5.74, 6) is 4.68. The van der Waals surface area contributed by atoms with E-state index < -0.39 is 6.10 Å². The Bertz CT molecular complexity index is 633. The van der Waals surface area contributed by atoms with Gasteiger partial charge in [0.25, 0.3) is 0 Å². The molecule has 4 heteroatoms. The van der Waals surface area contributed by atoms with Gasteiger partial charge in [0, 0.05) is 6.54 Å². The standard InChI is InChI=1S/C25H37NO2.ClH/c1-18-6-8-26(9-7-18)16-23(27)17-28-24-4-2-22(3-5-24)25-13-19-10-20(14-25)12-21(11-19)15-25;/h2-5,18-21,23,27H,6-17H2,1H3;1H. The number of hydrogen-bond acceptors (Lipinski definition) is 3. The topological polar surface area (TPSA) is 32.7 Å². The van der Waals surface area contributed by atoms with Crippen LogP contribution in [0.2, 0.25) is 0 Å². The lowest BCUT2D eigenvalue weighted by atomic mass is 9.48. The Hall–Kier alpha value is -0.770. The summed E-state index contributed by atoms with van der Waals surface area (Å²) >= 11 is 0. The summed E-state index contributed by atoms with van der Waals surface area (Å²) < 4.78 is 5.93. The minimum absolute atomic E-state index is 0. The minimum atomic E-state index is -0.406. The predicted octanol–water partition coefficient (Wildman–Crippen LogP) is 5.05. The molecule has 5 aliphatic rings. The zero-order chi connectivity index (χ0) is 19.1. The molecule has 5 fully saturated rings. The van der Waals surface area contributed by atoms with E-state index in [1.165, 1.54) is 51.4 Å². The van der Waals surface area contributed by atoms with Gasteiger partial charge in [-0.2, -0.15) is 0 Å². The molecule has 0 radical (unpaired) electrons. The van der Waals surface area contributed by atoms with Crippen LogP contribution >= 0.6 is 12.4 Å². The van der Waals surface area contributed by atoms with Crippen LogP contribution < -0.4 is 4.74 Å². The predicted molar refractivity (Wildman–Crippen MR) is 120 cm³/mol. The molecule has 4 bridgehead atoms. The van der Waals surface area contributed by atoms with Crippen molar-refractivity contribution < 1.29 is 9.84 Å². The van der Waals surface area contributed by atoms with E-state index >= 15 is 0 Å². The molecule has 1 aliphatic heterocycles.